The summed E-state index contributed by atoms with van der Waals surface area (Å²) >= 11 is 0. The van der Waals surface area contributed by atoms with E-state index in [4.69, 9.17) is 4.74 Å². The van der Waals surface area contributed by atoms with E-state index in [-0.39, 0.29) is 5.41 Å². The quantitative estimate of drug-likeness (QED) is 0.822. The Kier molecular flexibility index (Phi) is 3.62. The van der Waals surface area contributed by atoms with Gasteiger partial charge in [0.05, 0.1) is 0 Å². The first-order chi connectivity index (χ1) is 8.36. The van der Waals surface area contributed by atoms with Crippen LogP contribution in [0.3, 0.4) is 0 Å². The number of hydrogen-bond donors (Lipinski definition) is 0. The number of pyridine rings is 1. The van der Waals surface area contributed by atoms with E-state index in [9.17, 15) is 0 Å². The Balaban J connectivity index is 1.95. The molecule has 1 fully saturated rings. The van der Waals surface area contributed by atoms with Crippen molar-refractivity contribution in [1.82, 2.24) is 9.88 Å². The lowest BCUT2D eigenvalue weighted by molar-refractivity contribution is 0.0369. The van der Waals surface area contributed by atoms with E-state index in [0.29, 0.717) is 12.1 Å². The van der Waals surface area contributed by atoms with Crippen LogP contribution < -0.4 is 4.74 Å². The van der Waals surface area contributed by atoms with Crippen LogP contribution in [0.2, 0.25) is 0 Å². The van der Waals surface area contributed by atoms with Crippen LogP contribution in [0.5, 0.6) is 5.88 Å². The third-order valence-electron chi connectivity index (χ3n) is 3.69. The number of hydrogen-bond acceptors (Lipinski definition) is 3. The highest BCUT2D eigenvalue weighted by Crippen LogP contribution is 2.29. The Hall–Kier alpha value is -1.09. The Labute approximate surface area is 110 Å². The van der Waals surface area contributed by atoms with Crippen molar-refractivity contribution in [3.8, 4) is 5.88 Å². The second kappa shape index (κ2) is 4.88. The maximum absolute atomic E-state index is 5.93. The highest BCUT2D eigenvalue weighted by Gasteiger charge is 2.32. The minimum atomic E-state index is 0.146. The molecule has 1 heterocycles. The number of aromatic nitrogens is 1. The molecule has 1 aliphatic rings. The zero-order valence-electron chi connectivity index (χ0n) is 12.1. The Bertz CT molecular complexity index is 403. The summed E-state index contributed by atoms with van der Waals surface area (Å²) < 4.78 is 5.93. The third-order valence-corrected chi connectivity index (χ3v) is 3.69. The summed E-state index contributed by atoms with van der Waals surface area (Å²) in [5.41, 5.74) is 1.42. The molecule has 0 aromatic carbocycles. The SMILES string of the molecule is CN(C)C1CC(Oc2cc(C(C)(C)C)ccn2)C1. The van der Waals surface area contributed by atoms with Crippen molar-refractivity contribution in [2.24, 2.45) is 0 Å². The minimum Gasteiger partial charge on any atom is -0.474 e. The first-order valence-electron chi connectivity index (χ1n) is 6.66. The molecule has 0 spiro atoms. The van der Waals surface area contributed by atoms with Crippen molar-refractivity contribution in [1.29, 1.82) is 0 Å². The van der Waals surface area contributed by atoms with Crippen LogP contribution in [0.4, 0.5) is 0 Å². The molecule has 0 atom stereocenters. The molecular weight excluding hydrogens is 224 g/mol. The number of rotatable bonds is 3. The lowest BCUT2D eigenvalue weighted by atomic mass is 9.87. The summed E-state index contributed by atoms with van der Waals surface area (Å²) in [6.45, 7) is 6.62. The molecule has 1 aromatic rings. The topological polar surface area (TPSA) is 25.4 Å². The first-order valence-corrected chi connectivity index (χ1v) is 6.66. The van der Waals surface area contributed by atoms with Gasteiger partial charge in [0.1, 0.15) is 6.10 Å². The van der Waals surface area contributed by atoms with Crippen LogP contribution in [0.15, 0.2) is 18.3 Å². The van der Waals surface area contributed by atoms with E-state index in [1.54, 1.807) is 0 Å². The van der Waals surface area contributed by atoms with E-state index in [1.165, 1.54) is 5.56 Å². The van der Waals surface area contributed by atoms with E-state index < -0.39 is 0 Å². The van der Waals surface area contributed by atoms with Crippen molar-refractivity contribution in [3.05, 3.63) is 23.9 Å². The number of ether oxygens (including phenoxy) is 1. The smallest absolute Gasteiger partial charge is 0.213 e. The molecule has 1 aromatic heterocycles. The largest absolute Gasteiger partial charge is 0.474 e. The predicted molar refractivity (Wildman–Crippen MR) is 74.1 cm³/mol. The molecule has 0 amide bonds. The fourth-order valence-corrected chi connectivity index (χ4v) is 2.17. The summed E-state index contributed by atoms with van der Waals surface area (Å²) in [5, 5.41) is 0. The van der Waals surface area contributed by atoms with Gasteiger partial charge in [-0.15, -0.1) is 0 Å². The Morgan fingerprint density at radius 1 is 1.28 bits per heavy atom. The fourth-order valence-electron chi connectivity index (χ4n) is 2.17. The van der Waals surface area contributed by atoms with Crippen LogP contribution in [-0.4, -0.2) is 36.1 Å². The lowest BCUT2D eigenvalue weighted by Gasteiger charge is -2.39. The zero-order chi connectivity index (χ0) is 13.3. The molecular formula is C15H24N2O. The van der Waals surface area contributed by atoms with Gasteiger partial charge in [-0.1, -0.05) is 20.8 Å². The predicted octanol–water partition coefficient (Wildman–Crippen LogP) is 2.85. The summed E-state index contributed by atoms with van der Waals surface area (Å²) in [7, 11) is 4.25. The standard InChI is InChI=1S/C15H24N2O/c1-15(2,3)11-6-7-16-14(8-11)18-13-9-12(10-13)17(4)5/h6-8,12-13H,9-10H2,1-5H3. The molecule has 0 bridgehead atoms. The molecule has 18 heavy (non-hydrogen) atoms. The molecule has 1 saturated carbocycles. The average molecular weight is 248 g/mol. The zero-order valence-corrected chi connectivity index (χ0v) is 12.1. The maximum atomic E-state index is 5.93. The lowest BCUT2D eigenvalue weighted by Crippen LogP contribution is -2.46. The van der Waals surface area contributed by atoms with Gasteiger partial charge in [0.15, 0.2) is 0 Å². The van der Waals surface area contributed by atoms with Gasteiger partial charge < -0.3 is 9.64 Å². The molecule has 0 aliphatic heterocycles. The van der Waals surface area contributed by atoms with Gasteiger partial charge in [0, 0.05) is 31.1 Å². The van der Waals surface area contributed by atoms with E-state index in [1.807, 2.05) is 6.20 Å². The van der Waals surface area contributed by atoms with Crippen molar-refractivity contribution in [2.75, 3.05) is 14.1 Å². The molecule has 1 aliphatic carbocycles. The van der Waals surface area contributed by atoms with Crippen molar-refractivity contribution < 1.29 is 4.74 Å². The second-order valence-corrected chi connectivity index (χ2v) is 6.46. The molecule has 0 saturated heterocycles. The van der Waals surface area contributed by atoms with Gasteiger partial charge in [-0.3, -0.25) is 0 Å². The van der Waals surface area contributed by atoms with Gasteiger partial charge in [-0.05, 0) is 31.1 Å². The van der Waals surface area contributed by atoms with Gasteiger partial charge in [-0.25, -0.2) is 4.98 Å². The van der Waals surface area contributed by atoms with Crippen LogP contribution in [0, 0.1) is 0 Å². The molecule has 3 heteroatoms. The molecule has 2 rings (SSSR count). The average Bonchev–Trinajstić information content (AvgIpc) is 2.21. The molecule has 100 valence electrons. The van der Waals surface area contributed by atoms with Gasteiger partial charge >= 0.3 is 0 Å². The monoisotopic (exact) mass is 248 g/mol. The van der Waals surface area contributed by atoms with E-state index >= 15 is 0 Å². The fraction of sp³-hybridized carbons (Fsp3) is 0.667. The van der Waals surface area contributed by atoms with Crippen LogP contribution in [0.1, 0.15) is 39.2 Å². The van der Waals surface area contributed by atoms with E-state index in [2.05, 4.69) is 56.9 Å². The highest BCUT2D eigenvalue weighted by molar-refractivity contribution is 5.26. The van der Waals surface area contributed by atoms with E-state index in [0.717, 1.165) is 18.7 Å². The summed E-state index contributed by atoms with van der Waals surface area (Å²) in [6.07, 6.45) is 4.39. The molecule has 0 N–H and O–H groups in total. The number of nitrogens with zero attached hydrogens (tertiary/aromatic N) is 2. The van der Waals surface area contributed by atoms with Crippen molar-refractivity contribution in [2.45, 2.75) is 51.2 Å². The second-order valence-electron chi connectivity index (χ2n) is 6.46. The van der Waals surface area contributed by atoms with Crippen molar-refractivity contribution in [3.63, 3.8) is 0 Å². The summed E-state index contributed by atoms with van der Waals surface area (Å²) in [4.78, 5) is 6.57. The summed E-state index contributed by atoms with van der Waals surface area (Å²) in [5.74, 6) is 0.768. The third kappa shape index (κ3) is 3.02. The highest BCUT2D eigenvalue weighted by atomic mass is 16.5. The van der Waals surface area contributed by atoms with Crippen LogP contribution >= 0.6 is 0 Å². The summed E-state index contributed by atoms with van der Waals surface area (Å²) in [6, 6.07) is 4.81. The molecule has 3 nitrogen and oxygen atoms in total. The van der Waals surface area contributed by atoms with Gasteiger partial charge in [0.25, 0.3) is 0 Å². The molecule has 0 radical (unpaired) electrons. The molecule has 0 unspecified atom stereocenters. The van der Waals surface area contributed by atoms with Crippen molar-refractivity contribution >= 4 is 0 Å². The van der Waals surface area contributed by atoms with Gasteiger partial charge in [0.2, 0.25) is 5.88 Å². The Morgan fingerprint density at radius 3 is 2.50 bits per heavy atom. The maximum Gasteiger partial charge on any atom is 0.213 e. The minimum absolute atomic E-state index is 0.146. The Morgan fingerprint density at radius 2 is 1.94 bits per heavy atom. The van der Waals surface area contributed by atoms with Crippen LogP contribution in [0.25, 0.3) is 0 Å². The normalized spacial score (nSPS) is 23.9. The first kappa shape index (κ1) is 13.3. The van der Waals surface area contributed by atoms with Gasteiger partial charge in [-0.2, -0.15) is 0 Å². The van der Waals surface area contributed by atoms with Crippen LogP contribution in [-0.2, 0) is 5.41 Å².